The van der Waals surface area contributed by atoms with Crippen LogP contribution in [0.25, 0.3) is 0 Å². The van der Waals surface area contributed by atoms with Crippen molar-refractivity contribution in [2.24, 2.45) is 0 Å². The van der Waals surface area contributed by atoms with Crippen LogP contribution in [0.4, 0.5) is 4.39 Å². The molecule has 1 heterocycles. The second-order valence-corrected chi connectivity index (χ2v) is 5.44. The first-order valence-corrected chi connectivity index (χ1v) is 6.71. The Balaban J connectivity index is 2.28. The molecule has 1 aliphatic heterocycles. The number of piperidine rings is 1. The highest BCUT2D eigenvalue weighted by molar-refractivity contribution is 5.77. The van der Waals surface area contributed by atoms with Gasteiger partial charge in [0.05, 0.1) is 0 Å². The molecule has 1 amide bonds. The van der Waals surface area contributed by atoms with Gasteiger partial charge in [-0.15, -0.1) is 0 Å². The predicted octanol–water partition coefficient (Wildman–Crippen LogP) is 1.93. The zero-order chi connectivity index (χ0) is 13.9. The van der Waals surface area contributed by atoms with E-state index in [1.807, 2.05) is 12.1 Å². The van der Waals surface area contributed by atoms with Crippen molar-refractivity contribution in [2.45, 2.75) is 24.7 Å². The van der Waals surface area contributed by atoms with E-state index in [0.717, 1.165) is 31.5 Å². The minimum Gasteiger partial charge on any atom is -0.359 e. The molecule has 3 nitrogen and oxygen atoms in total. The quantitative estimate of drug-likeness (QED) is 0.904. The molecule has 104 valence electrons. The Morgan fingerprint density at radius 3 is 2.42 bits per heavy atom. The minimum atomic E-state index is -0.230. The van der Waals surface area contributed by atoms with Gasteiger partial charge in [-0.1, -0.05) is 12.1 Å². The lowest BCUT2D eigenvalue weighted by Gasteiger charge is -2.40. The van der Waals surface area contributed by atoms with E-state index in [1.54, 1.807) is 7.05 Å². The van der Waals surface area contributed by atoms with Gasteiger partial charge >= 0.3 is 0 Å². The molecule has 1 fully saturated rings. The first kappa shape index (κ1) is 14.0. The van der Waals surface area contributed by atoms with Gasteiger partial charge in [0.25, 0.3) is 0 Å². The summed E-state index contributed by atoms with van der Waals surface area (Å²) in [7, 11) is 3.75. The number of rotatable bonds is 3. The second kappa shape index (κ2) is 5.70. The van der Waals surface area contributed by atoms with Gasteiger partial charge in [0.2, 0.25) is 5.91 Å². The number of benzene rings is 1. The van der Waals surface area contributed by atoms with Gasteiger partial charge in [0, 0.05) is 18.9 Å². The van der Waals surface area contributed by atoms with Crippen LogP contribution in [0.3, 0.4) is 0 Å². The molecule has 1 aromatic rings. The fourth-order valence-electron chi connectivity index (χ4n) is 2.81. The largest absolute Gasteiger partial charge is 0.359 e. The third-order valence-corrected chi connectivity index (χ3v) is 4.18. The van der Waals surface area contributed by atoms with Gasteiger partial charge in [-0.2, -0.15) is 0 Å². The molecule has 0 aromatic heterocycles. The molecule has 1 N–H and O–H groups in total. The van der Waals surface area contributed by atoms with Crippen molar-refractivity contribution in [1.82, 2.24) is 10.2 Å². The Morgan fingerprint density at radius 1 is 1.32 bits per heavy atom. The van der Waals surface area contributed by atoms with E-state index < -0.39 is 0 Å². The number of halogens is 1. The van der Waals surface area contributed by atoms with Crippen LogP contribution in [0.5, 0.6) is 0 Å². The van der Waals surface area contributed by atoms with Crippen LogP contribution in [0.2, 0.25) is 0 Å². The highest BCUT2D eigenvalue weighted by Gasteiger charge is 2.37. The highest BCUT2D eigenvalue weighted by atomic mass is 19.1. The molecule has 4 heteroatoms. The van der Waals surface area contributed by atoms with Crippen molar-refractivity contribution < 1.29 is 9.18 Å². The number of nitrogens with zero attached hydrogens (tertiary/aromatic N) is 1. The van der Waals surface area contributed by atoms with E-state index in [2.05, 4.69) is 17.3 Å². The van der Waals surface area contributed by atoms with Gasteiger partial charge in [-0.05, 0) is 50.7 Å². The lowest BCUT2D eigenvalue weighted by atomic mass is 9.70. The minimum absolute atomic E-state index is 0.0499. The van der Waals surface area contributed by atoms with E-state index in [-0.39, 0.29) is 17.1 Å². The second-order valence-electron chi connectivity index (χ2n) is 5.44. The summed E-state index contributed by atoms with van der Waals surface area (Å²) in [5, 5.41) is 2.70. The first-order chi connectivity index (χ1) is 9.05. The standard InChI is InChI=1S/C15H21FN2O/c1-17-14(19)11-15(7-9-18(2)10-8-15)12-3-5-13(16)6-4-12/h3-6H,7-11H2,1-2H3,(H,17,19). The summed E-state index contributed by atoms with van der Waals surface area (Å²) in [6.45, 7) is 1.93. The summed E-state index contributed by atoms with van der Waals surface area (Å²) in [6.07, 6.45) is 2.34. The molecule has 2 rings (SSSR count). The van der Waals surface area contributed by atoms with Gasteiger partial charge in [-0.25, -0.2) is 4.39 Å². The fraction of sp³-hybridized carbons (Fsp3) is 0.533. The van der Waals surface area contributed by atoms with Crippen molar-refractivity contribution in [3.63, 3.8) is 0 Å². The predicted molar refractivity (Wildman–Crippen MR) is 73.5 cm³/mol. The van der Waals surface area contributed by atoms with Gasteiger partial charge < -0.3 is 10.2 Å². The van der Waals surface area contributed by atoms with Crippen LogP contribution in [0.15, 0.2) is 24.3 Å². The third-order valence-electron chi connectivity index (χ3n) is 4.18. The number of amides is 1. The Kier molecular flexibility index (Phi) is 4.20. The maximum Gasteiger partial charge on any atom is 0.220 e. The Morgan fingerprint density at radius 2 is 1.89 bits per heavy atom. The van der Waals surface area contributed by atoms with Crippen LogP contribution in [0.1, 0.15) is 24.8 Å². The normalized spacial score (nSPS) is 19.1. The van der Waals surface area contributed by atoms with Crippen LogP contribution < -0.4 is 5.32 Å². The first-order valence-electron chi connectivity index (χ1n) is 6.71. The highest BCUT2D eigenvalue weighted by Crippen LogP contribution is 2.38. The molecule has 0 unspecified atom stereocenters. The van der Waals surface area contributed by atoms with Crippen molar-refractivity contribution >= 4 is 5.91 Å². The van der Waals surface area contributed by atoms with Crippen molar-refractivity contribution in [3.8, 4) is 0 Å². The number of likely N-dealkylation sites (tertiary alicyclic amines) is 1. The maximum absolute atomic E-state index is 13.1. The third kappa shape index (κ3) is 3.13. The van der Waals surface area contributed by atoms with Crippen molar-refractivity contribution in [2.75, 3.05) is 27.2 Å². The molecule has 0 bridgehead atoms. The molecule has 19 heavy (non-hydrogen) atoms. The van der Waals surface area contributed by atoms with E-state index in [4.69, 9.17) is 0 Å². The Labute approximate surface area is 113 Å². The van der Waals surface area contributed by atoms with Gasteiger partial charge in [0.15, 0.2) is 0 Å². The fourth-order valence-corrected chi connectivity index (χ4v) is 2.81. The van der Waals surface area contributed by atoms with Gasteiger partial charge in [-0.3, -0.25) is 4.79 Å². The Hall–Kier alpha value is -1.42. The molecule has 1 aliphatic rings. The van der Waals surface area contributed by atoms with Crippen LogP contribution in [-0.4, -0.2) is 38.0 Å². The molecule has 1 aromatic carbocycles. The average Bonchev–Trinajstić information content (AvgIpc) is 2.42. The maximum atomic E-state index is 13.1. The summed E-state index contributed by atoms with van der Waals surface area (Å²) in [6, 6.07) is 6.62. The van der Waals surface area contributed by atoms with Crippen molar-refractivity contribution in [3.05, 3.63) is 35.6 Å². The van der Waals surface area contributed by atoms with Crippen LogP contribution in [-0.2, 0) is 10.2 Å². The van der Waals surface area contributed by atoms with Crippen LogP contribution >= 0.6 is 0 Å². The van der Waals surface area contributed by atoms with Crippen LogP contribution in [0, 0.1) is 5.82 Å². The number of hydrogen-bond acceptors (Lipinski definition) is 2. The zero-order valence-corrected chi connectivity index (χ0v) is 11.6. The summed E-state index contributed by atoms with van der Waals surface area (Å²) in [5.41, 5.74) is 0.922. The number of carbonyl (C=O) groups is 1. The SMILES string of the molecule is CNC(=O)CC1(c2ccc(F)cc2)CCN(C)CC1. The summed E-state index contributed by atoms with van der Waals surface area (Å²) in [5.74, 6) is -0.180. The number of carbonyl (C=O) groups excluding carboxylic acids is 1. The lowest BCUT2D eigenvalue weighted by Crippen LogP contribution is -2.43. The average molecular weight is 264 g/mol. The molecule has 0 spiro atoms. The summed E-state index contributed by atoms with van der Waals surface area (Å²) < 4.78 is 13.1. The van der Waals surface area contributed by atoms with E-state index in [9.17, 15) is 9.18 Å². The van der Waals surface area contributed by atoms with E-state index >= 15 is 0 Å². The number of hydrogen-bond donors (Lipinski definition) is 1. The molecular weight excluding hydrogens is 243 g/mol. The van der Waals surface area contributed by atoms with Crippen molar-refractivity contribution in [1.29, 1.82) is 0 Å². The number of nitrogens with one attached hydrogen (secondary N) is 1. The van der Waals surface area contributed by atoms with E-state index in [1.165, 1.54) is 12.1 Å². The van der Waals surface area contributed by atoms with E-state index in [0.29, 0.717) is 6.42 Å². The topological polar surface area (TPSA) is 32.3 Å². The molecule has 0 radical (unpaired) electrons. The zero-order valence-electron chi connectivity index (χ0n) is 11.6. The van der Waals surface area contributed by atoms with Gasteiger partial charge in [0.1, 0.15) is 5.82 Å². The Bertz CT molecular complexity index is 436. The molecule has 0 aliphatic carbocycles. The molecule has 0 saturated carbocycles. The smallest absolute Gasteiger partial charge is 0.220 e. The summed E-state index contributed by atoms with van der Waals surface area (Å²) >= 11 is 0. The molecular formula is C15H21FN2O. The molecule has 0 atom stereocenters. The molecule has 1 saturated heterocycles. The lowest BCUT2D eigenvalue weighted by molar-refractivity contribution is -0.122. The summed E-state index contributed by atoms with van der Waals surface area (Å²) in [4.78, 5) is 14.1. The monoisotopic (exact) mass is 264 g/mol.